The summed E-state index contributed by atoms with van der Waals surface area (Å²) in [6, 6.07) is 5.67. The number of hydrogen-bond donors (Lipinski definition) is 1. The molecule has 24 heavy (non-hydrogen) atoms. The molecule has 3 rings (SSSR count). The third kappa shape index (κ3) is 3.22. The average molecular weight is 393 g/mol. The Balaban J connectivity index is 2.11. The highest BCUT2D eigenvalue weighted by Gasteiger charge is 2.32. The Kier molecular flexibility index (Phi) is 4.46. The van der Waals surface area contributed by atoms with E-state index >= 15 is 0 Å². The molecule has 1 aromatic carbocycles. The molecule has 1 N–H and O–H groups in total. The zero-order valence-corrected chi connectivity index (χ0v) is 13.9. The van der Waals surface area contributed by atoms with Gasteiger partial charge in [0, 0.05) is 22.3 Å². The maximum absolute atomic E-state index is 12.7. The van der Waals surface area contributed by atoms with Gasteiger partial charge in [0.25, 0.3) is 0 Å². The predicted octanol–water partition coefficient (Wildman–Crippen LogP) is 6.12. The van der Waals surface area contributed by atoms with E-state index in [9.17, 15) is 13.2 Å². The van der Waals surface area contributed by atoms with Gasteiger partial charge in [0.2, 0.25) is 0 Å². The highest BCUT2D eigenvalue weighted by atomic mass is 35.5. The molecule has 2 heterocycles. The third-order valence-electron chi connectivity index (χ3n) is 3.26. The lowest BCUT2D eigenvalue weighted by Gasteiger charge is -2.10. The minimum absolute atomic E-state index is 0.141. The van der Waals surface area contributed by atoms with Crippen molar-refractivity contribution < 1.29 is 13.2 Å². The van der Waals surface area contributed by atoms with Crippen LogP contribution in [-0.2, 0) is 6.18 Å². The second kappa shape index (κ2) is 6.27. The van der Waals surface area contributed by atoms with Crippen LogP contribution in [0, 0.1) is 0 Å². The van der Waals surface area contributed by atoms with Crippen LogP contribution in [0.25, 0.3) is 22.5 Å². The van der Waals surface area contributed by atoms with Gasteiger partial charge in [-0.3, -0.25) is 10.1 Å². The highest BCUT2D eigenvalue weighted by Crippen LogP contribution is 2.39. The van der Waals surface area contributed by atoms with Crippen molar-refractivity contribution in [2.45, 2.75) is 6.18 Å². The lowest BCUT2D eigenvalue weighted by Crippen LogP contribution is -2.05. The van der Waals surface area contributed by atoms with E-state index in [1.54, 1.807) is 18.2 Å². The van der Waals surface area contributed by atoms with Crippen LogP contribution in [0.2, 0.25) is 15.1 Å². The summed E-state index contributed by atoms with van der Waals surface area (Å²) in [4.78, 5) is 3.84. The molecule has 0 amide bonds. The van der Waals surface area contributed by atoms with Gasteiger partial charge >= 0.3 is 6.18 Å². The van der Waals surface area contributed by atoms with Crippen LogP contribution in [0.3, 0.4) is 0 Å². The number of aromatic nitrogens is 3. The number of nitrogens with one attached hydrogen (secondary N) is 1. The number of H-pyrrole nitrogens is 1. The van der Waals surface area contributed by atoms with Crippen molar-refractivity contribution >= 4 is 34.8 Å². The van der Waals surface area contributed by atoms with Crippen molar-refractivity contribution in [3.63, 3.8) is 0 Å². The van der Waals surface area contributed by atoms with Gasteiger partial charge < -0.3 is 0 Å². The molecule has 0 saturated carbocycles. The molecule has 3 aromatic rings. The van der Waals surface area contributed by atoms with Crippen LogP contribution in [0.15, 0.2) is 36.7 Å². The molecule has 124 valence electrons. The van der Waals surface area contributed by atoms with Crippen LogP contribution in [0.5, 0.6) is 0 Å². The molecule has 0 saturated heterocycles. The Morgan fingerprint density at radius 2 is 1.67 bits per heavy atom. The van der Waals surface area contributed by atoms with E-state index in [2.05, 4.69) is 15.2 Å². The topological polar surface area (TPSA) is 41.6 Å². The number of rotatable bonds is 2. The summed E-state index contributed by atoms with van der Waals surface area (Å²) in [7, 11) is 0. The highest BCUT2D eigenvalue weighted by molar-refractivity contribution is 6.36. The fourth-order valence-corrected chi connectivity index (χ4v) is 2.93. The van der Waals surface area contributed by atoms with Crippen LogP contribution in [0.1, 0.15) is 5.56 Å². The molecular formula is C15H7Cl3F3N3. The fourth-order valence-electron chi connectivity index (χ4n) is 2.15. The van der Waals surface area contributed by atoms with Crippen molar-refractivity contribution in [3.8, 4) is 22.5 Å². The van der Waals surface area contributed by atoms with Gasteiger partial charge in [-0.15, -0.1) is 0 Å². The van der Waals surface area contributed by atoms with E-state index in [-0.39, 0.29) is 10.7 Å². The molecule has 0 unspecified atom stereocenters. The maximum Gasteiger partial charge on any atom is 0.417 e. The lowest BCUT2D eigenvalue weighted by atomic mass is 10.0. The van der Waals surface area contributed by atoms with Gasteiger partial charge in [-0.1, -0.05) is 34.8 Å². The van der Waals surface area contributed by atoms with Crippen LogP contribution in [0.4, 0.5) is 13.2 Å². The van der Waals surface area contributed by atoms with E-state index in [1.165, 1.54) is 6.20 Å². The molecule has 0 aliphatic rings. The van der Waals surface area contributed by atoms with Gasteiger partial charge in [-0.05, 0) is 24.3 Å². The Morgan fingerprint density at radius 3 is 2.29 bits per heavy atom. The first-order valence-electron chi connectivity index (χ1n) is 6.49. The minimum Gasteiger partial charge on any atom is -0.277 e. The molecule has 0 aliphatic heterocycles. The zero-order valence-electron chi connectivity index (χ0n) is 11.6. The quantitative estimate of drug-likeness (QED) is 0.571. The maximum atomic E-state index is 12.7. The molecule has 2 aromatic heterocycles. The second-order valence-corrected chi connectivity index (χ2v) is 6.09. The molecule has 0 bridgehead atoms. The summed E-state index contributed by atoms with van der Waals surface area (Å²) >= 11 is 18.0. The van der Waals surface area contributed by atoms with Crippen molar-refractivity contribution in [1.82, 2.24) is 15.2 Å². The summed E-state index contributed by atoms with van der Waals surface area (Å²) < 4.78 is 38.2. The summed E-state index contributed by atoms with van der Waals surface area (Å²) in [5.41, 5.74) is 0.723. The third-order valence-corrected chi connectivity index (χ3v) is 4.10. The number of benzene rings is 1. The summed E-state index contributed by atoms with van der Waals surface area (Å²) in [5, 5.41) is 7.34. The van der Waals surface area contributed by atoms with Gasteiger partial charge in [-0.25, -0.2) is 0 Å². The first-order valence-corrected chi connectivity index (χ1v) is 7.62. The minimum atomic E-state index is -4.52. The van der Waals surface area contributed by atoms with Crippen molar-refractivity contribution in [2.24, 2.45) is 0 Å². The first kappa shape index (κ1) is 17.1. The fraction of sp³-hybridized carbons (Fsp3) is 0.0667. The van der Waals surface area contributed by atoms with Crippen LogP contribution >= 0.6 is 34.8 Å². The van der Waals surface area contributed by atoms with E-state index < -0.39 is 11.7 Å². The van der Waals surface area contributed by atoms with E-state index in [0.717, 1.165) is 12.3 Å². The van der Waals surface area contributed by atoms with Crippen LogP contribution < -0.4 is 0 Å². The number of pyridine rings is 1. The SMILES string of the molecule is FC(F)(F)c1cnc(-c2cn[nH]c2-c2ccc(Cl)cc2Cl)c(Cl)c1. The molecule has 0 radical (unpaired) electrons. The predicted molar refractivity (Wildman–Crippen MR) is 87.3 cm³/mol. The molecule has 0 aliphatic carbocycles. The Morgan fingerprint density at radius 1 is 0.917 bits per heavy atom. The molecular weight excluding hydrogens is 386 g/mol. The van der Waals surface area contributed by atoms with E-state index in [1.807, 2.05) is 0 Å². The zero-order chi connectivity index (χ0) is 17.5. The monoisotopic (exact) mass is 391 g/mol. The van der Waals surface area contributed by atoms with Crippen molar-refractivity contribution in [3.05, 3.63) is 57.3 Å². The Bertz CT molecular complexity index is 906. The normalized spacial score (nSPS) is 11.8. The standard InChI is InChI=1S/C15H7Cl3F3N3/c16-8-1-2-9(11(17)4-8)13-10(6-23-24-13)14-12(18)3-7(5-22-14)15(19,20)21/h1-6H,(H,23,24). The number of halogens is 6. The molecule has 0 fully saturated rings. The van der Waals surface area contributed by atoms with Crippen LogP contribution in [-0.4, -0.2) is 15.2 Å². The summed E-state index contributed by atoms with van der Waals surface area (Å²) in [6.07, 6.45) is -2.38. The van der Waals surface area contributed by atoms with Crippen molar-refractivity contribution in [1.29, 1.82) is 0 Å². The van der Waals surface area contributed by atoms with E-state index in [0.29, 0.717) is 26.9 Å². The summed E-state index contributed by atoms with van der Waals surface area (Å²) in [6.45, 7) is 0. The molecule has 0 atom stereocenters. The smallest absolute Gasteiger partial charge is 0.277 e. The number of aromatic amines is 1. The largest absolute Gasteiger partial charge is 0.417 e. The molecule has 9 heteroatoms. The molecule has 3 nitrogen and oxygen atoms in total. The average Bonchev–Trinajstić information content (AvgIpc) is 2.95. The lowest BCUT2D eigenvalue weighted by molar-refractivity contribution is -0.137. The van der Waals surface area contributed by atoms with Gasteiger partial charge in [0.15, 0.2) is 0 Å². The number of nitrogens with zero attached hydrogens (tertiary/aromatic N) is 2. The number of alkyl halides is 3. The Hall–Kier alpha value is -1.76. The number of hydrogen-bond acceptors (Lipinski definition) is 2. The first-order chi connectivity index (χ1) is 11.3. The van der Waals surface area contributed by atoms with Gasteiger partial charge in [-0.2, -0.15) is 18.3 Å². The van der Waals surface area contributed by atoms with Gasteiger partial charge in [0.05, 0.1) is 33.2 Å². The van der Waals surface area contributed by atoms with Crippen molar-refractivity contribution in [2.75, 3.05) is 0 Å². The Labute approximate surface area is 149 Å². The second-order valence-electron chi connectivity index (χ2n) is 4.84. The van der Waals surface area contributed by atoms with Gasteiger partial charge in [0.1, 0.15) is 0 Å². The summed E-state index contributed by atoms with van der Waals surface area (Å²) in [5.74, 6) is 0. The van der Waals surface area contributed by atoms with E-state index in [4.69, 9.17) is 34.8 Å². The molecule has 0 spiro atoms.